The fourth-order valence-electron chi connectivity index (χ4n) is 1.69. The number of pyridine rings is 1. The zero-order valence-electron chi connectivity index (χ0n) is 9.68. The van der Waals surface area contributed by atoms with Gasteiger partial charge in [-0.25, -0.2) is 4.98 Å². The molecular weight excluding hydrogens is 218 g/mol. The zero-order chi connectivity index (χ0) is 12.4. The zero-order valence-corrected chi connectivity index (χ0v) is 9.68. The highest BCUT2D eigenvalue weighted by Crippen LogP contribution is 2.21. The molecule has 0 saturated heterocycles. The molecule has 5 nitrogen and oxygen atoms in total. The van der Waals surface area contributed by atoms with Gasteiger partial charge in [0.15, 0.2) is 0 Å². The second-order valence-electron chi connectivity index (χ2n) is 4.12. The molecule has 0 amide bonds. The number of aromatic amines is 1. The number of rotatable bonds is 3. The summed E-state index contributed by atoms with van der Waals surface area (Å²) in [6.07, 6.45) is 5.03. The lowest BCUT2D eigenvalue weighted by atomic mass is 10.1. The number of nitro groups is 1. The number of hydrogen-bond donors (Lipinski definition) is 1. The van der Waals surface area contributed by atoms with E-state index >= 15 is 0 Å². The van der Waals surface area contributed by atoms with Crippen LogP contribution in [0.4, 0.5) is 0 Å². The third-order valence-electron chi connectivity index (χ3n) is 2.59. The monoisotopic (exact) mass is 231 g/mol. The van der Waals surface area contributed by atoms with Crippen molar-refractivity contribution < 1.29 is 4.92 Å². The van der Waals surface area contributed by atoms with Gasteiger partial charge in [0.05, 0.1) is 4.92 Å². The van der Waals surface area contributed by atoms with Crippen molar-refractivity contribution in [1.82, 2.24) is 9.97 Å². The Hall–Kier alpha value is -2.17. The maximum atomic E-state index is 10.9. The van der Waals surface area contributed by atoms with Gasteiger partial charge in [0.2, 0.25) is 5.70 Å². The lowest BCUT2D eigenvalue weighted by Gasteiger charge is -2.00. The van der Waals surface area contributed by atoms with Crippen molar-refractivity contribution in [3.05, 3.63) is 45.9 Å². The van der Waals surface area contributed by atoms with Gasteiger partial charge in [-0.15, -0.1) is 0 Å². The molecule has 0 saturated carbocycles. The fourth-order valence-corrected chi connectivity index (χ4v) is 1.69. The summed E-state index contributed by atoms with van der Waals surface area (Å²) in [5.41, 5.74) is 1.74. The number of H-pyrrole nitrogens is 1. The topological polar surface area (TPSA) is 71.8 Å². The van der Waals surface area contributed by atoms with E-state index in [0.717, 1.165) is 16.6 Å². The summed E-state index contributed by atoms with van der Waals surface area (Å²) in [6, 6.07) is 3.71. The highest BCUT2D eigenvalue weighted by molar-refractivity contribution is 5.86. The molecule has 88 valence electrons. The van der Waals surface area contributed by atoms with Gasteiger partial charge in [-0.3, -0.25) is 10.1 Å². The van der Waals surface area contributed by atoms with Gasteiger partial charge in [-0.05, 0) is 12.1 Å². The molecule has 2 heterocycles. The first-order chi connectivity index (χ1) is 8.09. The maximum Gasteiger partial charge on any atom is 0.249 e. The molecule has 0 aliphatic rings. The molecule has 0 aromatic carbocycles. The van der Waals surface area contributed by atoms with Crippen molar-refractivity contribution in [2.75, 3.05) is 0 Å². The minimum Gasteiger partial charge on any atom is -0.346 e. The number of aromatic nitrogens is 2. The third kappa shape index (κ3) is 2.18. The molecular formula is C12H13N3O2. The van der Waals surface area contributed by atoms with Crippen LogP contribution >= 0.6 is 0 Å². The van der Waals surface area contributed by atoms with E-state index in [2.05, 4.69) is 9.97 Å². The second kappa shape index (κ2) is 4.37. The molecule has 0 spiro atoms. The molecule has 0 atom stereocenters. The normalized spacial score (nSPS) is 12.3. The largest absolute Gasteiger partial charge is 0.346 e. The Morgan fingerprint density at radius 1 is 1.59 bits per heavy atom. The molecule has 17 heavy (non-hydrogen) atoms. The third-order valence-corrected chi connectivity index (χ3v) is 2.59. The second-order valence-corrected chi connectivity index (χ2v) is 4.12. The molecule has 0 fully saturated rings. The number of nitrogens with zero attached hydrogens (tertiary/aromatic N) is 2. The highest BCUT2D eigenvalue weighted by Gasteiger charge is 2.16. The van der Waals surface area contributed by atoms with E-state index in [9.17, 15) is 10.1 Å². The number of hydrogen-bond acceptors (Lipinski definition) is 3. The van der Waals surface area contributed by atoms with Crippen LogP contribution in [0.2, 0.25) is 0 Å². The molecule has 1 N–H and O–H groups in total. The fraction of sp³-hybridized carbons (Fsp3) is 0.250. The van der Waals surface area contributed by atoms with Crippen molar-refractivity contribution in [3.8, 4) is 0 Å². The van der Waals surface area contributed by atoms with E-state index in [4.69, 9.17) is 0 Å². The SMILES string of the molecule is CC(C)/C(=C/c1c[nH]c2ncccc12)[N+](=O)[O-]. The van der Waals surface area contributed by atoms with E-state index in [1.165, 1.54) is 0 Å². The molecule has 0 aliphatic heterocycles. The van der Waals surface area contributed by atoms with E-state index in [1.54, 1.807) is 18.5 Å². The Morgan fingerprint density at radius 3 is 3.00 bits per heavy atom. The highest BCUT2D eigenvalue weighted by atomic mass is 16.6. The van der Waals surface area contributed by atoms with Crippen LogP contribution in [0, 0.1) is 16.0 Å². The van der Waals surface area contributed by atoms with Crippen LogP contribution in [0.3, 0.4) is 0 Å². The number of allylic oxidation sites excluding steroid dienone is 1. The van der Waals surface area contributed by atoms with Gasteiger partial charge in [0.1, 0.15) is 5.65 Å². The Kier molecular flexibility index (Phi) is 2.91. The maximum absolute atomic E-state index is 10.9. The lowest BCUT2D eigenvalue weighted by Crippen LogP contribution is -2.05. The lowest BCUT2D eigenvalue weighted by molar-refractivity contribution is -0.431. The summed E-state index contributed by atoms with van der Waals surface area (Å²) in [4.78, 5) is 17.7. The average molecular weight is 231 g/mol. The van der Waals surface area contributed by atoms with Gasteiger partial charge < -0.3 is 4.98 Å². The van der Waals surface area contributed by atoms with Crippen molar-refractivity contribution in [2.45, 2.75) is 13.8 Å². The van der Waals surface area contributed by atoms with Crippen molar-refractivity contribution in [1.29, 1.82) is 0 Å². The molecule has 2 aromatic rings. The first-order valence-electron chi connectivity index (χ1n) is 5.37. The number of nitrogens with one attached hydrogen (secondary N) is 1. The van der Waals surface area contributed by atoms with Gasteiger partial charge in [-0.1, -0.05) is 13.8 Å². The van der Waals surface area contributed by atoms with E-state index in [-0.39, 0.29) is 16.5 Å². The summed E-state index contributed by atoms with van der Waals surface area (Å²) in [6.45, 7) is 3.61. The Bertz CT molecular complexity index is 584. The van der Waals surface area contributed by atoms with Crippen LogP contribution in [0.15, 0.2) is 30.2 Å². The first kappa shape index (κ1) is 11.3. The summed E-state index contributed by atoms with van der Waals surface area (Å²) in [7, 11) is 0. The molecule has 5 heteroatoms. The minimum atomic E-state index is -0.333. The molecule has 0 radical (unpaired) electrons. The van der Waals surface area contributed by atoms with Gasteiger partial charge in [0.25, 0.3) is 0 Å². The van der Waals surface area contributed by atoms with E-state index < -0.39 is 0 Å². The Labute approximate surface area is 98.3 Å². The first-order valence-corrected chi connectivity index (χ1v) is 5.37. The van der Waals surface area contributed by atoms with Crippen LogP contribution < -0.4 is 0 Å². The predicted molar refractivity (Wildman–Crippen MR) is 65.9 cm³/mol. The molecule has 0 aliphatic carbocycles. The predicted octanol–water partition coefficient (Wildman–Crippen LogP) is 2.84. The van der Waals surface area contributed by atoms with Gasteiger partial charge >= 0.3 is 0 Å². The molecule has 2 rings (SSSR count). The average Bonchev–Trinajstić information content (AvgIpc) is 2.68. The summed E-state index contributed by atoms with van der Waals surface area (Å²) >= 11 is 0. The van der Waals surface area contributed by atoms with Crippen LogP contribution in [0.25, 0.3) is 17.1 Å². The van der Waals surface area contributed by atoms with Crippen LogP contribution in [-0.2, 0) is 0 Å². The van der Waals surface area contributed by atoms with Gasteiger partial charge in [0, 0.05) is 35.3 Å². The van der Waals surface area contributed by atoms with Crippen molar-refractivity contribution in [2.24, 2.45) is 5.92 Å². The standard InChI is InChI=1S/C12H13N3O2/c1-8(2)11(15(16)17)6-9-7-14-12-10(9)4-3-5-13-12/h3-8H,1-2H3,(H,13,14)/b11-6-. The smallest absolute Gasteiger partial charge is 0.249 e. The molecule has 0 unspecified atom stereocenters. The quantitative estimate of drug-likeness (QED) is 0.652. The summed E-state index contributed by atoms with van der Waals surface area (Å²) in [5, 5.41) is 11.8. The Morgan fingerprint density at radius 2 is 2.35 bits per heavy atom. The summed E-state index contributed by atoms with van der Waals surface area (Å²) < 4.78 is 0. The van der Waals surface area contributed by atoms with Crippen molar-refractivity contribution >= 4 is 17.1 Å². The van der Waals surface area contributed by atoms with E-state index in [1.807, 2.05) is 26.0 Å². The van der Waals surface area contributed by atoms with Gasteiger partial charge in [-0.2, -0.15) is 0 Å². The Balaban J connectivity index is 2.53. The summed E-state index contributed by atoms with van der Waals surface area (Å²) in [5.74, 6) is -0.119. The molecule has 0 bridgehead atoms. The number of fused-ring (bicyclic) bond motifs is 1. The molecule has 2 aromatic heterocycles. The van der Waals surface area contributed by atoms with Crippen LogP contribution in [0.5, 0.6) is 0 Å². The van der Waals surface area contributed by atoms with Crippen LogP contribution in [0.1, 0.15) is 19.4 Å². The van der Waals surface area contributed by atoms with Crippen molar-refractivity contribution in [3.63, 3.8) is 0 Å². The van der Waals surface area contributed by atoms with E-state index in [0.29, 0.717) is 0 Å². The van der Waals surface area contributed by atoms with Crippen LogP contribution in [-0.4, -0.2) is 14.9 Å². The minimum absolute atomic E-state index is 0.119.